The van der Waals surface area contributed by atoms with Crippen molar-refractivity contribution < 1.29 is 8.78 Å². The molecule has 0 fully saturated rings. The van der Waals surface area contributed by atoms with E-state index in [1.54, 1.807) is 6.20 Å². The molecule has 2 rings (SSSR count). The second-order valence-electron chi connectivity index (χ2n) is 3.21. The first kappa shape index (κ1) is 8.94. The molecule has 3 heteroatoms. The van der Waals surface area contributed by atoms with E-state index in [0.29, 0.717) is 11.3 Å². The summed E-state index contributed by atoms with van der Waals surface area (Å²) >= 11 is 0. The molecule has 0 aliphatic rings. The van der Waals surface area contributed by atoms with Gasteiger partial charge in [0.1, 0.15) is 11.6 Å². The van der Waals surface area contributed by atoms with Crippen LogP contribution in [0.2, 0.25) is 0 Å². The number of H-pyrrole nitrogens is 1. The van der Waals surface area contributed by atoms with Crippen LogP contribution in [0.15, 0.2) is 30.5 Å². The lowest BCUT2D eigenvalue weighted by atomic mass is 10.1. The largest absolute Gasteiger partial charge is 0.361 e. The number of halogens is 2. The lowest BCUT2D eigenvalue weighted by Crippen LogP contribution is -1.85. The highest BCUT2D eigenvalue weighted by Crippen LogP contribution is 2.22. The fraction of sp³-hybridized carbons (Fsp3) is 0.0909. The van der Waals surface area contributed by atoms with Crippen LogP contribution in [-0.2, 0) is 0 Å². The number of aryl methyl sites for hydroxylation is 1. The predicted octanol–water partition coefficient (Wildman–Crippen LogP) is 3.27. The predicted molar refractivity (Wildman–Crippen MR) is 50.9 cm³/mol. The molecule has 0 unspecified atom stereocenters. The Morgan fingerprint density at radius 1 is 1.14 bits per heavy atom. The van der Waals surface area contributed by atoms with Gasteiger partial charge in [0.25, 0.3) is 0 Å². The maximum absolute atomic E-state index is 13.3. The van der Waals surface area contributed by atoms with Crippen molar-refractivity contribution in [1.82, 2.24) is 4.98 Å². The molecule has 2 aromatic rings. The highest BCUT2D eigenvalue weighted by Gasteiger charge is 2.07. The van der Waals surface area contributed by atoms with E-state index in [-0.39, 0.29) is 0 Å². The maximum Gasteiger partial charge on any atom is 0.135 e. The molecule has 0 amide bonds. The lowest BCUT2D eigenvalue weighted by Gasteiger charge is -1.99. The number of aromatic nitrogens is 1. The van der Waals surface area contributed by atoms with Gasteiger partial charge in [-0.1, -0.05) is 0 Å². The molecule has 1 aromatic heterocycles. The summed E-state index contributed by atoms with van der Waals surface area (Å²) in [6.07, 6.45) is 1.78. The van der Waals surface area contributed by atoms with E-state index >= 15 is 0 Å². The van der Waals surface area contributed by atoms with Gasteiger partial charge in [0, 0.05) is 23.5 Å². The minimum atomic E-state index is -0.561. The summed E-state index contributed by atoms with van der Waals surface area (Å²) in [7, 11) is 0. The summed E-state index contributed by atoms with van der Waals surface area (Å²) in [6, 6.07) is 5.37. The Kier molecular flexibility index (Phi) is 2.08. The van der Waals surface area contributed by atoms with Crippen LogP contribution < -0.4 is 0 Å². The first-order valence-corrected chi connectivity index (χ1v) is 4.27. The molecule has 1 nitrogen and oxygen atoms in total. The molecule has 14 heavy (non-hydrogen) atoms. The Balaban J connectivity index is 2.52. The van der Waals surface area contributed by atoms with E-state index in [1.165, 1.54) is 12.1 Å². The quantitative estimate of drug-likeness (QED) is 0.715. The number of benzene rings is 1. The van der Waals surface area contributed by atoms with Gasteiger partial charge in [-0.05, 0) is 30.7 Å². The molecule has 0 atom stereocenters. The molecule has 1 N–H and O–H groups in total. The molecule has 0 aliphatic heterocycles. The van der Waals surface area contributed by atoms with Crippen LogP contribution in [0.5, 0.6) is 0 Å². The minimum absolute atomic E-state index is 0.388. The third-order valence-corrected chi connectivity index (χ3v) is 2.05. The Hall–Kier alpha value is -1.64. The molecule has 1 heterocycles. The van der Waals surface area contributed by atoms with E-state index in [1.807, 2.05) is 13.0 Å². The molecular weight excluding hydrogens is 184 g/mol. The molecule has 0 radical (unpaired) electrons. The average molecular weight is 193 g/mol. The van der Waals surface area contributed by atoms with Crippen LogP contribution in [0.4, 0.5) is 8.78 Å². The van der Waals surface area contributed by atoms with Gasteiger partial charge < -0.3 is 4.98 Å². The first-order valence-electron chi connectivity index (χ1n) is 4.27. The lowest BCUT2D eigenvalue weighted by molar-refractivity contribution is 0.585. The Labute approximate surface area is 80.4 Å². The summed E-state index contributed by atoms with van der Waals surface area (Å²) in [4.78, 5) is 2.92. The van der Waals surface area contributed by atoms with Crippen molar-refractivity contribution in [2.75, 3.05) is 0 Å². The first-order chi connectivity index (χ1) is 6.66. The number of aromatic amines is 1. The minimum Gasteiger partial charge on any atom is -0.361 e. The average Bonchev–Trinajstić information content (AvgIpc) is 2.51. The van der Waals surface area contributed by atoms with Gasteiger partial charge in [0.15, 0.2) is 0 Å². The van der Waals surface area contributed by atoms with Crippen LogP contribution in [0.1, 0.15) is 5.56 Å². The van der Waals surface area contributed by atoms with Gasteiger partial charge >= 0.3 is 0 Å². The fourth-order valence-electron chi connectivity index (χ4n) is 1.37. The molecule has 0 aliphatic carbocycles. The van der Waals surface area contributed by atoms with Crippen molar-refractivity contribution in [2.45, 2.75) is 6.92 Å². The van der Waals surface area contributed by atoms with Crippen LogP contribution >= 0.6 is 0 Å². The van der Waals surface area contributed by atoms with Gasteiger partial charge in [0.2, 0.25) is 0 Å². The van der Waals surface area contributed by atoms with Crippen molar-refractivity contribution in [3.8, 4) is 11.3 Å². The molecule has 0 saturated heterocycles. The Bertz CT molecular complexity index is 460. The molecule has 1 aromatic carbocycles. The standard InChI is InChI=1S/C11H9F2N/c1-7-4-11(14-6-7)9-3-2-8(12)5-10(9)13/h2-6,14H,1H3. The second-order valence-corrected chi connectivity index (χ2v) is 3.21. The highest BCUT2D eigenvalue weighted by atomic mass is 19.1. The SMILES string of the molecule is Cc1c[nH]c(-c2ccc(F)cc2F)c1. The van der Waals surface area contributed by atoms with E-state index in [2.05, 4.69) is 4.98 Å². The number of hydrogen-bond acceptors (Lipinski definition) is 0. The van der Waals surface area contributed by atoms with Gasteiger partial charge in [-0.15, -0.1) is 0 Å². The smallest absolute Gasteiger partial charge is 0.135 e. The number of rotatable bonds is 1. The zero-order valence-electron chi connectivity index (χ0n) is 7.64. The molecular formula is C11H9F2N. The summed E-state index contributed by atoms with van der Waals surface area (Å²) in [5.41, 5.74) is 2.07. The zero-order valence-corrected chi connectivity index (χ0v) is 7.64. The molecule has 72 valence electrons. The Morgan fingerprint density at radius 2 is 1.93 bits per heavy atom. The molecule has 0 bridgehead atoms. The van der Waals surface area contributed by atoms with E-state index < -0.39 is 11.6 Å². The summed E-state index contributed by atoms with van der Waals surface area (Å²) in [5.74, 6) is -1.11. The van der Waals surface area contributed by atoms with Crippen molar-refractivity contribution in [3.63, 3.8) is 0 Å². The van der Waals surface area contributed by atoms with Gasteiger partial charge in [-0.3, -0.25) is 0 Å². The van der Waals surface area contributed by atoms with Crippen LogP contribution in [-0.4, -0.2) is 4.98 Å². The van der Waals surface area contributed by atoms with Crippen molar-refractivity contribution in [3.05, 3.63) is 47.7 Å². The van der Waals surface area contributed by atoms with Crippen molar-refractivity contribution >= 4 is 0 Å². The molecule has 0 saturated carbocycles. The van der Waals surface area contributed by atoms with Gasteiger partial charge in [-0.25, -0.2) is 8.78 Å². The van der Waals surface area contributed by atoms with Crippen LogP contribution in [0, 0.1) is 18.6 Å². The topological polar surface area (TPSA) is 15.8 Å². The van der Waals surface area contributed by atoms with Crippen LogP contribution in [0.25, 0.3) is 11.3 Å². The number of nitrogens with one attached hydrogen (secondary N) is 1. The zero-order chi connectivity index (χ0) is 10.1. The van der Waals surface area contributed by atoms with Crippen molar-refractivity contribution in [1.29, 1.82) is 0 Å². The fourth-order valence-corrected chi connectivity index (χ4v) is 1.37. The van der Waals surface area contributed by atoms with E-state index in [0.717, 1.165) is 11.6 Å². The Morgan fingerprint density at radius 3 is 2.50 bits per heavy atom. The monoisotopic (exact) mass is 193 g/mol. The summed E-state index contributed by atoms with van der Waals surface area (Å²) in [6.45, 7) is 1.90. The summed E-state index contributed by atoms with van der Waals surface area (Å²) < 4.78 is 25.9. The summed E-state index contributed by atoms with van der Waals surface area (Å²) in [5, 5.41) is 0. The van der Waals surface area contributed by atoms with E-state index in [4.69, 9.17) is 0 Å². The highest BCUT2D eigenvalue weighted by molar-refractivity contribution is 5.60. The normalized spacial score (nSPS) is 10.5. The van der Waals surface area contributed by atoms with Crippen LogP contribution in [0.3, 0.4) is 0 Å². The third-order valence-electron chi connectivity index (χ3n) is 2.05. The van der Waals surface area contributed by atoms with Crippen molar-refractivity contribution in [2.24, 2.45) is 0 Å². The number of hydrogen-bond donors (Lipinski definition) is 1. The van der Waals surface area contributed by atoms with Gasteiger partial charge in [0.05, 0.1) is 0 Å². The van der Waals surface area contributed by atoms with Gasteiger partial charge in [-0.2, -0.15) is 0 Å². The third kappa shape index (κ3) is 1.53. The maximum atomic E-state index is 13.3. The second kappa shape index (κ2) is 3.25. The van der Waals surface area contributed by atoms with E-state index in [9.17, 15) is 8.78 Å². The molecule has 0 spiro atoms.